The lowest BCUT2D eigenvalue weighted by atomic mass is 10.0. The molecule has 0 bridgehead atoms. The Morgan fingerprint density at radius 1 is 1.59 bits per heavy atom. The average Bonchev–Trinajstić information content (AvgIpc) is 2.74. The van der Waals surface area contributed by atoms with Crippen LogP contribution in [-0.2, 0) is 4.79 Å². The van der Waals surface area contributed by atoms with Crippen LogP contribution in [-0.4, -0.2) is 25.0 Å². The van der Waals surface area contributed by atoms with Crippen LogP contribution in [0.5, 0.6) is 17.2 Å². The number of aliphatic carboxylic acids is 1. The molecule has 1 atom stereocenters. The molecule has 0 amide bonds. The lowest BCUT2D eigenvalue weighted by molar-refractivity contribution is -0.137. The lowest BCUT2D eigenvalue weighted by Crippen LogP contribution is -2.15. The molecule has 6 heteroatoms. The number of carbonyl (C=O) groups is 1. The Hall–Kier alpha value is -1.95. The van der Waals surface area contributed by atoms with E-state index in [1.807, 2.05) is 0 Å². The van der Waals surface area contributed by atoms with Gasteiger partial charge in [-0.1, -0.05) is 0 Å². The Morgan fingerprint density at radius 3 is 3.00 bits per heavy atom. The third-order valence-corrected chi connectivity index (χ3v) is 2.50. The van der Waals surface area contributed by atoms with Crippen molar-refractivity contribution in [3.8, 4) is 17.2 Å². The van der Waals surface area contributed by atoms with E-state index in [4.69, 9.17) is 25.1 Å². The van der Waals surface area contributed by atoms with Gasteiger partial charge >= 0.3 is 5.97 Å². The molecule has 92 valence electrons. The maximum atomic E-state index is 10.6. The van der Waals surface area contributed by atoms with Crippen LogP contribution in [0.15, 0.2) is 12.1 Å². The molecule has 1 heterocycles. The molecule has 0 aromatic heterocycles. The monoisotopic (exact) mass is 239 g/mol. The maximum Gasteiger partial charge on any atom is 0.305 e. The fraction of sp³-hybridized carbons (Fsp3) is 0.364. The first-order valence-electron chi connectivity index (χ1n) is 5.06. The molecule has 0 aliphatic carbocycles. The quantitative estimate of drug-likeness (QED) is 0.811. The Balaban J connectivity index is 2.33. The van der Waals surface area contributed by atoms with Gasteiger partial charge in [-0.2, -0.15) is 0 Å². The Kier molecular flexibility index (Phi) is 3.06. The van der Waals surface area contributed by atoms with Gasteiger partial charge in [-0.05, 0) is 17.7 Å². The van der Waals surface area contributed by atoms with Crippen molar-refractivity contribution in [2.75, 3.05) is 13.9 Å². The molecule has 6 nitrogen and oxygen atoms in total. The molecule has 1 aromatic carbocycles. The predicted octanol–water partition coefficient (Wildman–Crippen LogP) is 0.898. The van der Waals surface area contributed by atoms with Gasteiger partial charge in [-0.15, -0.1) is 0 Å². The van der Waals surface area contributed by atoms with Gasteiger partial charge < -0.3 is 25.1 Å². The summed E-state index contributed by atoms with van der Waals surface area (Å²) in [5, 5.41) is 8.70. The van der Waals surface area contributed by atoms with E-state index in [1.165, 1.54) is 7.11 Å². The van der Waals surface area contributed by atoms with Crippen molar-refractivity contribution < 1.29 is 24.1 Å². The van der Waals surface area contributed by atoms with Crippen LogP contribution in [0.4, 0.5) is 0 Å². The van der Waals surface area contributed by atoms with Crippen molar-refractivity contribution in [3.63, 3.8) is 0 Å². The number of ether oxygens (including phenoxy) is 3. The van der Waals surface area contributed by atoms with Crippen LogP contribution in [0.3, 0.4) is 0 Å². The van der Waals surface area contributed by atoms with Gasteiger partial charge in [0, 0.05) is 6.04 Å². The van der Waals surface area contributed by atoms with Gasteiger partial charge in [0.25, 0.3) is 0 Å². The Morgan fingerprint density at radius 2 is 2.35 bits per heavy atom. The number of hydrogen-bond acceptors (Lipinski definition) is 5. The van der Waals surface area contributed by atoms with Crippen molar-refractivity contribution >= 4 is 5.97 Å². The average molecular weight is 239 g/mol. The molecule has 3 N–H and O–H groups in total. The van der Waals surface area contributed by atoms with Crippen molar-refractivity contribution in [2.45, 2.75) is 12.5 Å². The van der Waals surface area contributed by atoms with E-state index in [-0.39, 0.29) is 13.2 Å². The Bertz CT molecular complexity index is 446. The van der Waals surface area contributed by atoms with Crippen molar-refractivity contribution in [1.82, 2.24) is 0 Å². The number of hydrogen-bond donors (Lipinski definition) is 2. The highest BCUT2D eigenvalue weighted by atomic mass is 16.7. The summed E-state index contributed by atoms with van der Waals surface area (Å²) in [6.45, 7) is 0.128. The molecule has 2 rings (SSSR count). The molecule has 17 heavy (non-hydrogen) atoms. The number of methoxy groups -OCH3 is 1. The van der Waals surface area contributed by atoms with Crippen molar-refractivity contribution in [2.24, 2.45) is 5.73 Å². The van der Waals surface area contributed by atoms with E-state index in [2.05, 4.69) is 0 Å². The van der Waals surface area contributed by atoms with Gasteiger partial charge in [-0.25, -0.2) is 0 Å². The molecular formula is C11H13NO5. The second-order valence-electron chi connectivity index (χ2n) is 3.66. The Labute approximate surface area is 97.9 Å². The van der Waals surface area contributed by atoms with E-state index >= 15 is 0 Å². The number of nitrogens with two attached hydrogens (primary N) is 1. The smallest absolute Gasteiger partial charge is 0.305 e. The minimum Gasteiger partial charge on any atom is -0.493 e. The lowest BCUT2D eigenvalue weighted by Gasteiger charge is -2.12. The van der Waals surface area contributed by atoms with Gasteiger partial charge in [0.1, 0.15) is 0 Å². The van der Waals surface area contributed by atoms with Gasteiger partial charge in [0.05, 0.1) is 13.5 Å². The number of fused-ring (bicyclic) bond motifs is 1. The van der Waals surface area contributed by atoms with Crippen LogP contribution >= 0.6 is 0 Å². The first kappa shape index (κ1) is 11.5. The first-order valence-corrected chi connectivity index (χ1v) is 5.06. The fourth-order valence-electron chi connectivity index (χ4n) is 1.67. The molecule has 0 radical (unpaired) electrons. The van der Waals surface area contributed by atoms with E-state index in [9.17, 15) is 4.79 Å². The zero-order chi connectivity index (χ0) is 12.4. The van der Waals surface area contributed by atoms with Crippen LogP contribution in [0.1, 0.15) is 18.0 Å². The number of rotatable bonds is 4. The molecule has 0 saturated carbocycles. The first-order chi connectivity index (χ1) is 8.11. The van der Waals surface area contributed by atoms with Crippen molar-refractivity contribution in [3.05, 3.63) is 17.7 Å². The number of carboxylic acid groups (broad SMARTS) is 1. The standard InChI is InChI=1S/C11H13NO5/c1-15-8-2-6(7(12)4-10(13)14)3-9-11(8)17-5-16-9/h2-3,7H,4-5,12H2,1H3,(H,13,14)/t7-/m1/s1. The highest BCUT2D eigenvalue weighted by Gasteiger charge is 2.22. The summed E-state index contributed by atoms with van der Waals surface area (Å²) in [5.74, 6) is 0.601. The fourth-order valence-corrected chi connectivity index (χ4v) is 1.67. The summed E-state index contributed by atoms with van der Waals surface area (Å²) in [5.41, 5.74) is 6.43. The summed E-state index contributed by atoms with van der Waals surface area (Å²) in [6.07, 6.45) is -0.150. The summed E-state index contributed by atoms with van der Waals surface area (Å²) in [4.78, 5) is 10.6. The normalized spacial score (nSPS) is 14.5. The minimum atomic E-state index is -0.950. The van der Waals surface area contributed by atoms with Gasteiger partial charge in [0.2, 0.25) is 12.5 Å². The topological polar surface area (TPSA) is 91.0 Å². The zero-order valence-electron chi connectivity index (χ0n) is 9.30. The number of benzene rings is 1. The predicted molar refractivity (Wildman–Crippen MR) is 58.3 cm³/mol. The summed E-state index contributed by atoms with van der Waals surface area (Å²) in [6, 6.07) is 2.75. The zero-order valence-corrected chi connectivity index (χ0v) is 9.30. The van der Waals surface area contributed by atoms with E-state index < -0.39 is 12.0 Å². The van der Waals surface area contributed by atoms with Crippen LogP contribution < -0.4 is 19.9 Å². The highest BCUT2D eigenvalue weighted by molar-refractivity contribution is 5.68. The van der Waals surface area contributed by atoms with Crippen LogP contribution in [0.25, 0.3) is 0 Å². The van der Waals surface area contributed by atoms with E-state index in [0.29, 0.717) is 22.8 Å². The molecule has 0 saturated heterocycles. The third-order valence-electron chi connectivity index (χ3n) is 2.50. The SMILES string of the molecule is COc1cc([C@H](N)CC(=O)O)cc2c1OCO2. The molecule has 0 spiro atoms. The molecule has 0 unspecified atom stereocenters. The van der Waals surface area contributed by atoms with Crippen LogP contribution in [0.2, 0.25) is 0 Å². The molecule has 1 aliphatic rings. The molecular weight excluding hydrogens is 226 g/mol. The second-order valence-corrected chi connectivity index (χ2v) is 3.66. The van der Waals surface area contributed by atoms with E-state index in [0.717, 1.165) is 0 Å². The summed E-state index contributed by atoms with van der Waals surface area (Å²) in [7, 11) is 1.50. The summed E-state index contributed by atoms with van der Waals surface area (Å²) >= 11 is 0. The second kappa shape index (κ2) is 4.50. The third kappa shape index (κ3) is 2.26. The van der Waals surface area contributed by atoms with Gasteiger partial charge in [0.15, 0.2) is 11.5 Å². The molecule has 0 fully saturated rings. The maximum absolute atomic E-state index is 10.6. The molecule has 1 aromatic rings. The summed E-state index contributed by atoms with van der Waals surface area (Å²) < 4.78 is 15.6. The highest BCUT2D eigenvalue weighted by Crippen LogP contribution is 2.42. The minimum absolute atomic E-state index is 0.128. The van der Waals surface area contributed by atoms with Crippen molar-refractivity contribution in [1.29, 1.82) is 0 Å². The van der Waals surface area contributed by atoms with Crippen LogP contribution in [0, 0.1) is 0 Å². The number of carboxylic acids is 1. The molecule has 1 aliphatic heterocycles. The van der Waals surface area contributed by atoms with E-state index in [1.54, 1.807) is 12.1 Å². The largest absolute Gasteiger partial charge is 0.493 e. The van der Waals surface area contributed by atoms with Gasteiger partial charge in [-0.3, -0.25) is 4.79 Å².